The fourth-order valence-electron chi connectivity index (χ4n) is 1.14. The molecule has 80 valence electrons. The van der Waals surface area contributed by atoms with Gasteiger partial charge >= 0.3 is 0 Å². The average molecular weight is 224 g/mol. The molecule has 1 amide bonds. The summed E-state index contributed by atoms with van der Waals surface area (Å²) in [6.07, 6.45) is 1.58. The van der Waals surface area contributed by atoms with Crippen molar-refractivity contribution in [2.75, 3.05) is 0 Å². The van der Waals surface area contributed by atoms with Gasteiger partial charge < -0.3 is 5.73 Å². The maximum atomic E-state index is 10.8. The number of primary amides is 1. The van der Waals surface area contributed by atoms with Crippen molar-refractivity contribution in [1.82, 2.24) is 0 Å². The lowest BCUT2D eigenvalue weighted by Gasteiger charge is -2.01. The predicted molar refractivity (Wildman–Crippen MR) is 59.8 cm³/mol. The van der Waals surface area contributed by atoms with Gasteiger partial charge in [0.05, 0.1) is 4.88 Å². The summed E-state index contributed by atoms with van der Waals surface area (Å²) in [7, 11) is 0. The van der Waals surface area contributed by atoms with Crippen LogP contribution in [0.4, 0.5) is 0 Å². The number of nitrogens with two attached hydrogens (primary N) is 1. The van der Waals surface area contributed by atoms with E-state index in [0.29, 0.717) is 4.88 Å². The number of azide groups is 1. The van der Waals surface area contributed by atoms with Crippen LogP contribution in [0, 0.1) is 0 Å². The van der Waals surface area contributed by atoms with Crippen molar-refractivity contribution >= 4 is 17.2 Å². The fourth-order valence-corrected chi connectivity index (χ4v) is 2.02. The highest BCUT2D eigenvalue weighted by atomic mass is 32.1. The normalized spacial score (nSPS) is 11.8. The second-order valence-electron chi connectivity index (χ2n) is 3.22. The predicted octanol–water partition coefficient (Wildman–Crippen LogP) is 2.48. The Morgan fingerprint density at radius 1 is 1.73 bits per heavy atom. The molecule has 1 unspecified atom stereocenters. The lowest BCUT2D eigenvalue weighted by molar-refractivity contribution is 0.100. The molecule has 5 nitrogen and oxygen atoms in total. The number of carbonyl (C=O) groups excluding carboxylic acids is 1. The van der Waals surface area contributed by atoms with Gasteiger partial charge in [-0.2, -0.15) is 0 Å². The Labute approximate surface area is 91.5 Å². The van der Waals surface area contributed by atoms with Crippen LogP contribution < -0.4 is 5.73 Å². The second-order valence-corrected chi connectivity index (χ2v) is 4.39. The zero-order chi connectivity index (χ0) is 11.3. The van der Waals surface area contributed by atoms with Gasteiger partial charge in [0.25, 0.3) is 5.91 Å². The quantitative estimate of drug-likeness (QED) is 0.464. The molecule has 1 aromatic heterocycles. The SMILES string of the molecule is CC(CCc1ccc(C(N)=O)s1)N=[N+]=[N-]. The van der Waals surface area contributed by atoms with Gasteiger partial charge in [0.15, 0.2) is 0 Å². The van der Waals surface area contributed by atoms with Gasteiger partial charge in [-0.3, -0.25) is 4.79 Å². The molecule has 0 radical (unpaired) electrons. The molecule has 0 bridgehead atoms. The van der Waals surface area contributed by atoms with E-state index in [-0.39, 0.29) is 6.04 Å². The molecule has 2 N–H and O–H groups in total. The summed E-state index contributed by atoms with van der Waals surface area (Å²) in [4.78, 5) is 15.2. The number of hydrogen-bond acceptors (Lipinski definition) is 3. The van der Waals surface area contributed by atoms with Crippen molar-refractivity contribution in [3.8, 4) is 0 Å². The molecular formula is C9H12N4OS. The van der Waals surface area contributed by atoms with Gasteiger partial charge in [-0.15, -0.1) is 11.3 Å². The molecule has 1 heterocycles. The summed E-state index contributed by atoms with van der Waals surface area (Å²) in [6, 6.07) is 3.59. The molecule has 0 aliphatic carbocycles. The zero-order valence-electron chi connectivity index (χ0n) is 8.38. The van der Waals surface area contributed by atoms with E-state index in [4.69, 9.17) is 11.3 Å². The summed E-state index contributed by atoms with van der Waals surface area (Å²) in [5.41, 5.74) is 13.3. The Morgan fingerprint density at radius 3 is 3.00 bits per heavy atom. The number of amides is 1. The van der Waals surface area contributed by atoms with Crippen LogP contribution in [0.15, 0.2) is 17.2 Å². The van der Waals surface area contributed by atoms with Crippen molar-refractivity contribution in [2.45, 2.75) is 25.8 Å². The summed E-state index contributed by atoms with van der Waals surface area (Å²) < 4.78 is 0. The molecule has 0 aliphatic rings. The van der Waals surface area contributed by atoms with Crippen molar-refractivity contribution in [2.24, 2.45) is 10.8 Å². The molecule has 0 aliphatic heterocycles. The van der Waals surface area contributed by atoms with E-state index in [2.05, 4.69) is 10.0 Å². The first-order valence-corrected chi connectivity index (χ1v) is 5.38. The highest BCUT2D eigenvalue weighted by molar-refractivity contribution is 7.14. The lowest BCUT2D eigenvalue weighted by Crippen LogP contribution is -2.08. The number of hydrogen-bond donors (Lipinski definition) is 1. The molecule has 1 aromatic rings. The van der Waals surface area contributed by atoms with Gasteiger partial charge in [-0.05, 0) is 30.5 Å². The summed E-state index contributed by atoms with van der Waals surface area (Å²) in [6.45, 7) is 1.86. The van der Waals surface area contributed by atoms with Crippen LogP contribution in [0.25, 0.3) is 10.4 Å². The van der Waals surface area contributed by atoms with Gasteiger partial charge in [-0.25, -0.2) is 0 Å². The van der Waals surface area contributed by atoms with Crippen molar-refractivity contribution < 1.29 is 4.79 Å². The smallest absolute Gasteiger partial charge is 0.258 e. The second kappa shape index (κ2) is 5.38. The van der Waals surface area contributed by atoms with E-state index in [1.165, 1.54) is 11.3 Å². The van der Waals surface area contributed by atoms with E-state index >= 15 is 0 Å². The minimum atomic E-state index is -0.394. The van der Waals surface area contributed by atoms with E-state index < -0.39 is 5.91 Å². The van der Waals surface area contributed by atoms with Crippen LogP contribution in [0.2, 0.25) is 0 Å². The maximum absolute atomic E-state index is 10.8. The van der Waals surface area contributed by atoms with Crippen LogP contribution >= 0.6 is 11.3 Å². The van der Waals surface area contributed by atoms with Crippen LogP contribution in [-0.2, 0) is 6.42 Å². The number of rotatable bonds is 5. The van der Waals surface area contributed by atoms with Crippen LogP contribution in [0.5, 0.6) is 0 Å². The van der Waals surface area contributed by atoms with E-state index in [9.17, 15) is 4.79 Å². The van der Waals surface area contributed by atoms with Crippen LogP contribution in [-0.4, -0.2) is 11.9 Å². The van der Waals surface area contributed by atoms with Gasteiger partial charge in [0.2, 0.25) is 0 Å². The van der Waals surface area contributed by atoms with Crippen LogP contribution in [0.1, 0.15) is 27.9 Å². The Hall–Kier alpha value is -1.52. The molecule has 15 heavy (non-hydrogen) atoms. The minimum absolute atomic E-state index is 0.0193. The molecule has 0 spiro atoms. The Bertz CT molecular complexity index is 395. The third-order valence-corrected chi connectivity index (χ3v) is 3.12. The van der Waals surface area contributed by atoms with Gasteiger partial charge in [0.1, 0.15) is 0 Å². The standard InChI is InChI=1S/C9H12N4OS/c1-6(12-13-11)2-3-7-4-5-8(15-7)9(10)14/h4-6H,2-3H2,1H3,(H2,10,14). The van der Waals surface area contributed by atoms with Crippen molar-refractivity contribution in [3.05, 3.63) is 32.3 Å². The third-order valence-electron chi connectivity index (χ3n) is 1.96. The number of nitrogens with zero attached hydrogens (tertiary/aromatic N) is 3. The number of thiophene rings is 1. The molecular weight excluding hydrogens is 212 g/mol. The topological polar surface area (TPSA) is 91.9 Å². The van der Waals surface area contributed by atoms with Crippen LogP contribution in [0.3, 0.4) is 0 Å². The number of carbonyl (C=O) groups is 1. The summed E-state index contributed by atoms with van der Waals surface area (Å²) >= 11 is 1.39. The first kappa shape index (κ1) is 11.6. The van der Waals surface area contributed by atoms with Crippen molar-refractivity contribution in [1.29, 1.82) is 0 Å². The molecule has 0 saturated carbocycles. The fraction of sp³-hybridized carbons (Fsp3) is 0.444. The van der Waals surface area contributed by atoms with Gasteiger partial charge in [0, 0.05) is 15.8 Å². The molecule has 1 rings (SSSR count). The summed E-state index contributed by atoms with van der Waals surface area (Å²) in [5, 5.41) is 3.58. The minimum Gasteiger partial charge on any atom is -0.365 e. The first-order chi connectivity index (χ1) is 7.13. The largest absolute Gasteiger partial charge is 0.365 e. The average Bonchev–Trinajstić information content (AvgIpc) is 2.63. The third kappa shape index (κ3) is 3.61. The molecule has 6 heteroatoms. The van der Waals surface area contributed by atoms with E-state index in [1.54, 1.807) is 6.07 Å². The van der Waals surface area contributed by atoms with E-state index in [0.717, 1.165) is 17.7 Å². The Kier molecular flexibility index (Phi) is 4.15. The zero-order valence-corrected chi connectivity index (χ0v) is 9.20. The Morgan fingerprint density at radius 2 is 2.47 bits per heavy atom. The van der Waals surface area contributed by atoms with E-state index in [1.807, 2.05) is 13.0 Å². The number of aryl methyl sites for hydroxylation is 1. The summed E-state index contributed by atoms with van der Waals surface area (Å²) in [5.74, 6) is -0.394. The van der Waals surface area contributed by atoms with Gasteiger partial charge in [-0.1, -0.05) is 12.0 Å². The highest BCUT2D eigenvalue weighted by Gasteiger charge is 2.06. The molecule has 1 atom stereocenters. The van der Waals surface area contributed by atoms with Crippen molar-refractivity contribution in [3.63, 3.8) is 0 Å². The first-order valence-electron chi connectivity index (χ1n) is 4.56. The molecule has 0 fully saturated rings. The molecule has 0 saturated heterocycles. The highest BCUT2D eigenvalue weighted by Crippen LogP contribution is 2.18. The molecule has 0 aromatic carbocycles. The monoisotopic (exact) mass is 224 g/mol. The maximum Gasteiger partial charge on any atom is 0.258 e. The Balaban J connectivity index is 2.51. The lowest BCUT2D eigenvalue weighted by atomic mass is 10.2.